The summed E-state index contributed by atoms with van der Waals surface area (Å²) >= 11 is 0. The summed E-state index contributed by atoms with van der Waals surface area (Å²) in [6.07, 6.45) is 3.91. The van der Waals surface area contributed by atoms with Crippen molar-refractivity contribution in [2.75, 3.05) is 24.5 Å². The fourth-order valence-corrected chi connectivity index (χ4v) is 1.99. The van der Waals surface area contributed by atoms with Gasteiger partial charge >= 0.3 is 0 Å². The number of piperazine rings is 1. The highest BCUT2D eigenvalue weighted by Gasteiger charge is 2.19. The lowest BCUT2D eigenvalue weighted by atomic mass is 9.89. The van der Waals surface area contributed by atoms with E-state index in [2.05, 4.69) is 47.9 Å². The second kappa shape index (κ2) is 4.61. The molecule has 0 spiro atoms. The lowest BCUT2D eigenvalue weighted by molar-refractivity contribution is 0.478. The Morgan fingerprint density at radius 2 is 1.94 bits per heavy atom. The molecule has 0 saturated carbocycles. The summed E-state index contributed by atoms with van der Waals surface area (Å²) in [6.45, 7) is 11.7. The monoisotopic (exact) mass is 234 g/mol. The second-order valence-corrected chi connectivity index (χ2v) is 5.82. The molecule has 1 unspecified atom stereocenters. The molecule has 94 valence electrons. The lowest BCUT2D eigenvalue weighted by Crippen LogP contribution is -2.49. The van der Waals surface area contributed by atoms with Gasteiger partial charge in [-0.25, -0.2) is 9.97 Å². The van der Waals surface area contributed by atoms with Gasteiger partial charge in [-0.3, -0.25) is 0 Å². The van der Waals surface area contributed by atoms with Crippen molar-refractivity contribution in [3.63, 3.8) is 0 Å². The maximum atomic E-state index is 4.49. The van der Waals surface area contributed by atoms with Crippen LogP contribution < -0.4 is 10.2 Å². The van der Waals surface area contributed by atoms with Crippen molar-refractivity contribution in [3.8, 4) is 0 Å². The van der Waals surface area contributed by atoms with Crippen LogP contribution in [0.15, 0.2) is 12.4 Å². The summed E-state index contributed by atoms with van der Waals surface area (Å²) in [5.74, 6) is 0.853. The van der Waals surface area contributed by atoms with Gasteiger partial charge in [0.05, 0.1) is 0 Å². The van der Waals surface area contributed by atoms with Gasteiger partial charge in [0, 0.05) is 38.1 Å². The van der Waals surface area contributed by atoms with Crippen molar-refractivity contribution in [2.24, 2.45) is 0 Å². The van der Waals surface area contributed by atoms with E-state index in [9.17, 15) is 0 Å². The SMILES string of the molecule is CC1CN(c2ncc(C(C)(C)C)cn2)CCN1. The molecule has 0 aliphatic carbocycles. The molecule has 1 aromatic rings. The van der Waals surface area contributed by atoms with Crippen LogP contribution in [0.3, 0.4) is 0 Å². The zero-order valence-electron chi connectivity index (χ0n) is 11.2. The van der Waals surface area contributed by atoms with Gasteiger partial charge in [-0.1, -0.05) is 20.8 Å². The van der Waals surface area contributed by atoms with Crippen molar-refractivity contribution in [3.05, 3.63) is 18.0 Å². The summed E-state index contributed by atoms with van der Waals surface area (Å²) < 4.78 is 0. The number of aromatic nitrogens is 2. The van der Waals surface area contributed by atoms with Gasteiger partial charge in [0.2, 0.25) is 5.95 Å². The van der Waals surface area contributed by atoms with Crippen LogP contribution in [-0.4, -0.2) is 35.6 Å². The average Bonchev–Trinajstić information content (AvgIpc) is 2.28. The Kier molecular flexibility index (Phi) is 3.33. The number of nitrogens with one attached hydrogen (secondary N) is 1. The van der Waals surface area contributed by atoms with Gasteiger partial charge in [0.15, 0.2) is 0 Å². The maximum absolute atomic E-state index is 4.49. The third kappa shape index (κ3) is 2.94. The predicted octanol–water partition coefficient (Wildman–Crippen LogP) is 1.57. The van der Waals surface area contributed by atoms with E-state index in [0.29, 0.717) is 6.04 Å². The normalized spacial score (nSPS) is 21.6. The van der Waals surface area contributed by atoms with Crippen molar-refractivity contribution in [1.82, 2.24) is 15.3 Å². The molecule has 1 saturated heterocycles. The van der Waals surface area contributed by atoms with E-state index in [1.807, 2.05) is 12.4 Å². The van der Waals surface area contributed by atoms with Crippen LogP contribution >= 0.6 is 0 Å². The smallest absolute Gasteiger partial charge is 0.225 e. The van der Waals surface area contributed by atoms with E-state index in [0.717, 1.165) is 25.6 Å². The Morgan fingerprint density at radius 3 is 2.47 bits per heavy atom. The molecule has 0 bridgehead atoms. The largest absolute Gasteiger partial charge is 0.338 e. The fraction of sp³-hybridized carbons (Fsp3) is 0.692. The molecule has 17 heavy (non-hydrogen) atoms. The number of rotatable bonds is 1. The molecule has 4 heteroatoms. The first-order valence-electron chi connectivity index (χ1n) is 6.27. The number of hydrogen-bond acceptors (Lipinski definition) is 4. The molecule has 1 aliphatic heterocycles. The minimum atomic E-state index is 0.120. The third-order valence-corrected chi connectivity index (χ3v) is 3.16. The number of anilines is 1. The van der Waals surface area contributed by atoms with Crippen LogP contribution in [0.1, 0.15) is 33.3 Å². The van der Waals surface area contributed by atoms with E-state index in [-0.39, 0.29) is 5.41 Å². The van der Waals surface area contributed by atoms with E-state index in [1.54, 1.807) is 0 Å². The number of nitrogens with zero attached hydrogens (tertiary/aromatic N) is 3. The third-order valence-electron chi connectivity index (χ3n) is 3.16. The van der Waals surface area contributed by atoms with Gasteiger partial charge in [0.25, 0.3) is 0 Å². The van der Waals surface area contributed by atoms with E-state index >= 15 is 0 Å². The Bertz CT molecular complexity index is 366. The van der Waals surface area contributed by atoms with Crippen LogP contribution in [0.25, 0.3) is 0 Å². The van der Waals surface area contributed by atoms with Crippen LogP contribution in [-0.2, 0) is 5.41 Å². The first kappa shape index (κ1) is 12.3. The molecule has 0 amide bonds. The first-order chi connectivity index (χ1) is 7.97. The van der Waals surface area contributed by atoms with Crippen molar-refractivity contribution < 1.29 is 0 Å². The quantitative estimate of drug-likeness (QED) is 0.801. The molecule has 4 nitrogen and oxygen atoms in total. The predicted molar refractivity (Wildman–Crippen MR) is 70.4 cm³/mol. The molecule has 2 rings (SSSR count). The Hall–Kier alpha value is -1.16. The molecular formula is C13H22N4. The lowest BCUT2D eigenvalue weighted by Gasteiger charge is -2.32. The highest BCUT2D eigenvalue weighted by Crippen LogP contribution is 2.21. The minimum Gasteiger partial charge on any atom is -0.338 e. The molecule has 1 aromatic heterocycles. The van der Waals surface area contributed by atoms with Gasteiger partial charge < -0.3 is 10.2 Å². The molecular weight excluding hydrogens is 212 g/mol. The van der Waals surface area contributed by atoms with Crippen molar-refractivity contribution in [2.45, 2.75) is 39.2 Å². The van der Waals surface area contributed by atoms with Crippen LogP contribution in [0.4, 0.5) is 5.95 Å². The zero-order valence-corrected chi connectivity index (χ0v) is 11.2. The summed E-state index contributed by atoms with van der Waals surface area (Å²) in [5, 5.41) is 3.42. The van der Waals surface area contributed by atoms with Crippen molar-refractivity contribution >= 4 is 5.95 Å². The molecule has 2 heterocycles. The molecule has 1 atom stereocenters. The number of hydrogen-bond donors (Lipinski definition) is 1. The summed E-state index contributed by atoms with van der Waals surface area (Å²) in [6, 6.07) is 0.509. The standard InChI is InChI=1S/C13H22N4/c1-10-9-17(6-5-14-10)12-15-7-11(8-16-12)13(2,3)4/h7-8,10,14H,5-6,9H2,1-4H3. The average molecular weight is 234 g/mol. The second-order valence-electron chi connectivity index (χ2n) is 5.82. The highest BCUT2D eigenvalue weighted by atomic mass is 15.3. The Labute approximate surface area is 103 Å². The molecule has 0 aromatic carbocycles. The van der Waals surface area contributed by atoms with Crippen LogP contribution in [0.5, 0.6) is 0 Å². The van der Waals surface area contributed by atoms with Gasteiger partial charge in [-0.2, -0.15) is 0 Å². The summed E-state index contributed by atoms with van der Waals surface area (Å²) in [5.41, 5.74) is 1.30. The Morgan fingerprint density at radius 1 is 1.29 bits per heavy atom. The minimum absolute atomic E-state index is 0.120. The van der Waals surface area contributed by atoms with Gasteiger partial charge in [0.1, 0.15) is 0 Å². The van der Waals surface area contributed by atoms with Crippen molar-refractivity contribution in [1.29, 1.82) is 0 Å². The topological polar surface area (TPSA) is 41.1 Å². The van der Waals surface area contributed by atoms with E-state index in [4.69, 9.17) is 0 Å². The van der Waals surface area contributed by atoms with Crippen LogP contribution in [0, 0.1) is 0 Å². The molecule has 1 N–H and O–H groups in total. The van der Waals surface area contributed by atoms with Crippen LogP contribution in [0.2, 0.25) is 0 Å². The highest BCUT2D eigenvalue weighted by molar-refractivity contribution is 5.32. The van der Waals surface area contributed by atoms with Gasteiger partial charge in [-0.05, 0) is 17.9 Å². The first-order valence-corrected chi connectivity index (χ1v) is 6.27. The Balaban J connectivity index is 2.12. The molecule has 1 aliphatic rings. The summed E-state index contributed by atoms with van der Waals surface area (Å²) in [4.78, 5) is 11.2. The van der Waals surface area contributed by atoms with E-state index < -0.39 is 0 Å². The maximum Gasteiger partial charge on any atom is 0.225 e. The fourth-order valence-electron chi connectivity index (χ4n) is 1.99. The molecule has 1 fully saturated rings. The van der Waals surface area contributed by atoms with E-state index in [1.165, 1.54) is 5.56 Å². The zero-order chi connectivity index (χ0) is 12.5. The summed E-state index contributed by atoms with van der Waals surface area (Å²) in [7, 11) is 0. The molecule has 0 radical (unpaired) electrons. The van der Waals surface area contributed by atoms with Gasteiger partial charge in [-0.15, -0.1) is 0 Å².